The van der Waals surface area contributed by atoms with Gasteiger partial charge in [0.25, 0.3) is 0 Å². The number of allylic oxidation sites excluding steroid dienone is 1. The summed E-state index contributed by atoms with van der Waals surface area (Å²) < 4.78 is 0. The van der Waals surface area contributed by atoms with Crippen molar-refractivity contribution in [1.29, 1.82) is 5.26 Å². The molecule has 0 bridgehead atoms. The van der Waals surface area contributed by atoms with E-state index in [2.05, 4.69) is 11.4 Å². The van der Waals surface area contributed by atoms with E-state index in [1.54, 1.807) is 30.3 Å². The summed E-state index contributed by atoms with van der Waals surface area (Å²) in [7, 11) is 0. The summed E-state index contributed by atoms with van der Waals surface area (Å²) in [6.45, 7) is 0. The number of nitriles is 1. The molecule has 1 radical (unpaired) electrons. The van der Waals surface area contributed by atoms with Crippen LogP contribution in [-0.4, -0.2) is 6.41 Å². The zero-order chi connectivity index (χ0) is 9.52. The molecular weight excluding hydrogens is 164 g/mol. The minimum absolute atomic E-state index is 0.223. The Bertz CT molecular complexity index is 349. The summed E-state index contributed by atoms with van der Waals surface area (Å²) in [6.07, 6.45) is 2.06. The summed E-state index contributed by atoms with van der Waals surface area (Å²) in [4.78, 5) is 10.1. The number of hydrogen-bond acceptors (Lipinski definition) is 2. The first-order chi connectivity index (χ1) is 6.36. The molecule has 0 unspecified atom stereocenters. The van der Waals surface area contributed by atoms with Crippen molar-refractivity contribution in [1.82, 2.24) is 5.32 Å². The molecule has 0 atom stereocenters. The fraction of sp³-hybridized carbons (Fsp3) is 0. The van der Waals surface area contributed by atoms with Crippen LogP contribution in [0.1, 0.15) is 5.56 Å². The molecule has 0 aliphatic rings. The fourth-order valence-electron chi connectivity index (χ4n) is 0.832. The Kier molecular flexibility index (Phi) is 3.28. The van der Waals surface area contributed by atoms with E-state index in [0.29, 0.717) is 6.41 Å². The van der Waals surface area contributed by atoms with Gasteiger partial charge in [-0.25, -0.2) is 0 Å². The van der Waals surface area contributed by atoms with E-state index in [9.17, 15) is 4.79 Å². The van der Waals surface area contributed by atoms with Crippen LogP contribution < -0.4 is 5.32 Å². The van der Waals surface area contributed by atoms with Crippen LogP contribution in [0.2, 0.25) is 0 Å². The molecule has 1 aromatic carbocycles. The van der Waals surface area contributed by atoms with E-state index in [0.717, 1.165) is 5.56 Å². The van der Waals surface area contributed by atoms with E-state index in [4.69, 9.17) is 5.26 Å². The highest BCUT2D eigenvalue weighted by Crippen LogP contribution is 2.02. The van der Waals surface area contributed by atoms with Crippen LogP contribution in [0.4, 0.5) is 0 Å². The summed E-state index contributed by atoms with van der Waals surface area (Å²) in [6, 6.07) is 11.8. The predicted molar refractivity (Wildman–Crippen MR) is 48.1 cm³/mol. The predicted octanol–water partition coefficient (Wildman–Crippen LogP) is 1.10. The molecule has 0 aromatic heterocycles. The number of rotatable bonds is 3. The van der Waals surface area contributed by atoms with Crippen molar-refractivity contribution in [2.24, 2.45) is 0 Å². The highest BCUT2D eigenvalue weighted by atomic mass is 16.1. The number of carbonyl (C=O) groups is 1. The molecule has 1 N–H and O–H groups in total. The van der Waals surface area contributed by atoms with Gasteiger partial charge in [0.1, 0.15) is 11.8 Å². The van der Waals surface area contributed by atoms with E-state index >= 15 is 0 Å². The zero-order valence-corrected chi connectivity index (χ0v) is 6.82. The molecule has 1 aromatic rings. The lowest BCUT2D eigenvalue weighted by Crippen LogP contribution is -2.07. The van der Waals surface area contributed by atoms with E-state index < -0.39 is 0 Å². The average molecular weight is 171 g/mol. The number of nitrogens with zero attached hydrogens (tertiary/aromatic N) is 1. The molecule has 1 amide bonds. The minimum Gasteiger partial charge on any atom is -0.320 e. The molecule has 63 valence electrons. The zero-order valence-electron chi connectivity index (χ0n) is 6.82. The number of benzene rings is 1. The number of hydrogen-bond donors (Lipinski definition) is 1. The highest BCUT2D eigenvalue weighted by molar-refractivity contribution is 5.62. The van der Waals surface area contributed by atoms with Crippen LogP contribution in [0.5, 0.6) is 0 Å². The quantitative estimate of drug-likeness (QED) is 0.546. The van der Waals surface area contributed by atoms with Crippen LogP contribution >= 0.6 is 0 Å². The second-order valence-corrected chi connectivity index (χ2v) is 2.27. The van der Waals surface area contributed by atoms with Crippen molar-refractivity contribution in [3.05, 3.63) is 41.6 Å². The average Bonchev–Trinajstić information content (AvgIpc) is 2.19. The maximum Gasteiger partial charge on any atom is 0.212 e. The Balaban J connectivity index is 2.86. The van der Waals surface area contributed by atoms with Gasteiger partial charge in [0.2, 0.25) is 6.41 Å². The summed E-state index contributed by atoms with van der Waals surface area (Å²) in [5.41, 5.74) is 1.07. The maximum atomic E-state index is 10.1. The van der Waals surface area contributed by atoms with Crippen LogP contribution in [-0.2, 0) is 4.79 Å². The molecule has 1 rings (SSSR count). The van der Waals surface area contributed by atoms with Crippen LogP contribution in [0.25, 0.3) is 6.08 Å². The van der Waals surface area contributed by atoms with Gasteiger partial charge in [-0.05, 0) is 17.7 Å². The number of carbonyl (C=O) groups excluding carboxylic acids is 1. The molecule has 0 fully saturated rings. The van der Waals surface area contributed by atoms with Gasteiger partial charge in [0, 0.05) is 0 Å². The normalized spacial score (nSPS) is 10.2. The lowest BCUT2D eigenvalue weighted by Gasteiger charge is -1.94. The first kappa shape index (κ1) is 9.01. The SMILES string of the molecule is N#CC(=Cc1cc[c]cc1)NC=O. The largest absolute Gasteiger partial charge is 0.320 e. The smallest absolute Gasteiger partial charge is 0.212 e. The highest BCUT2D eigenvalue weighted by Gasteiger charge is 1.92. The lowest BCUT2D eigenvalue weighted by atomic mass is 10.2. The monoisotopic (exact) mass is 171 g/mol. The standard InChI is InChI=1S/C10H7N2O/c11-7-10(12-8-13)6-9-4-2-1-3-5-9/h2-6,8H,(H,12,13). The third kappa shape index (κ3) is 2.80. The summed E-state index contributed by atoms with van der Waals surface area (Å²) >= 11 is 0. The van der Waals surface area contributed by atoms with E-state index in [1.165, 1.54) is 0 Å². The van der Waals surface area contributed by atoms with E-state index in [-0.39, 0.29) is 5.70 Å². The fourth-order valence-corrected chi connectivity index (χ4v) is 0.832. The molecule has 0 aliphatic carbocycles. The van der Waals surface area contributed by atoms with Crippen LogP contribution in [0.3, 0.4) is 0 Å². The molecular formula is C10H7N2O. The van der Waals surface area contributed by atoms with Gasteiger partial charge >= 0.3 is 0 Å². The van der Waals surface area contributed by atoms with Crippen molar-refractivity contribution >= 4 is 12.5 Å². The first-order valence-corrected chi connectivity index (χ1v) is 3.65. The van der Waals surface area contributed by atoms with Crippen molar-refractivity contribution < 1.29 is 4.79 Å². The minimum atomic E-state index is 0.223. The van der Waals surface area contributed by atoms with Gasteiger partial charge in [-0.2, -0.15) is 5.26 Å². The van der Waals surface area contributed by atoms with Crippen molar-refractivity contribution in [2.45, 2.75) is 0 Å². The van der Waals surface area contributed by atoms with Gasteiger partial charge in [0.05, 0.1) is 0 Å². The molecule has 13 heavy (non-hydrogen) atoms. The molecule has 0 aliphatic heterocycles. The molecule has 0 saturated carbocycles. The van der Waals surface area contributed by atoms with Gasteiger partial charge in [-0.3, -0.25) is 4.79 Å². The Morgan fingerprint density at radius 3 is 2.77 bits per heavy atom. The maximum absolute atomic E-state index is 10.1. The van der Waals surface area contributed by atoms with Gasteiger partial charge in [-0.1, -0.05) is 24.3 Å². The molecule has 0 saturated heterocycles. The first-order valence-electron chi connectivity index (χ1n) is 3.65. The van der Waals surface area contributed by atoms with Crippen LogP contribution in [0, 0.1) is 17.4 Å². The summed E-state index contributed by atoms with van der Waals surface area (Å²) in [5, 5.41) is 10.9. The third-order valence-electron chi connectivity index (χ3n) is 1.39. The second-order valence-electron chi connectivity index (χ2n) is 2.27. The van der Waals surface area contributed by atoms with Gasteiger partial charge in [-0.15, -0.1) is 0 Å². The Labute approximate surface area is 76.3 Å². The number of amides is 1. The molecule has 0 spiro atoms. The third-order valence-corrected chi connectivity index (χ3v) is 1.39. The van der Waals surface area contributed by atoms with E-state index in [1.807, 2.05) is 6.07 Å². The van der Waals surface area contributed by atoms with Crippen molar-refractivity contribution in [2.75, 3.05) is 0 Å². The van der Waals surface area contributed by atoms with Crippen molar-refractivity contribution in [3.63, 3.8) is 0 Å². The Morgan fingerprint density at radius 1 is 1.54 bits per heavy atom. The Hall–Kier alpha value is -2.08. The van der Waals surface area contributed by atoms with Gasteiger partial charge < -0.3 is 5.32 Å². The topological polar surface area (TPSA) is 52.9 Å². The van der Waals surface area contributed by atoms with Crippen molar-refractivity contribution in [3.8, 4) is 6.07 Å². The second kappa shape index (κ2) is 4.73. The molecule has 3 heteroatoms. The molecule has 3 nitrogen and oxygen atoms in total. The van der Waals surface area contributed by atoms with Gasteiger partial charge in [0.15, 0.2) is 0 Å². The number of nitrogens with one attached hydrogen (secondary N) is 1. The summed E-state index contributed by atoms with van der Waals surface area (Å²) in [5.74, 6) is 0. The van der Waals surface area contributed by atoms with Crippen LogP contribution in [0.15, 0.2) is 30.0 Å². The lowest BCUT2D eigenvalue weighted by molar-refractivity contribution is -0.108. The molecule has 0 heterocycles. The Morgan fingerprint density at radius 2 is 2.23 bits per heavy atom.